The lowest BCUT2D eigenvalue weighted by Gasteiger charge is -2.27. The highest BCUT2D eigenvalue weighted by Gasteiger charge is 2.32. The van der Waals surface area contributed by atoms with E-state index in [0.29, 0.717) is 12.8 Å². The van der Waals surface area contributed by atoms with Crippen LogP contribution in [0.3, 0.4) is 0 Å². The Morgan fingerprint density at radius 3 is 2.13 bits per heavy atom. The Kier molecular flexibility index (Phi) is 14.0. The first-order valence-electron chi connectivity index (χ1n) is 12.2. The summed E-state index contributed by atoms with van der Waals surface area (Å²) in [6, 6.07) is 1.92. The van der Waals surface area contributed by atoms with Gasteiger partial charge in [0.15, 0.2) is 5.96 Å². The number of aliphatic imine (C=N–C) groups is 1. The first-order valence-corrected chi connectivity index (χ1v) is 12.9. The molecule has 3 amide bonds. The predicted molar refractivity (Wildman–Crippen MR) is 146 cm³/mol. The summed E-state index contributed by atoms with van der Waals surface area (Å²) >= 11 is 4.13. The fourth-order valence-electron chi connectivity index (χ4n) is 3.43. The minimum Gasteiger partial charge on any atom is -0.508 e. The molecule has 5 atom stereocenters. The molecule has 38 heavy (non-hydrogen) atoms. The summed E-state index contributed by atoms with van der Waals surface area (Å²) in [4.78, 5) is 54.0. The number of aliphatic carboxylic acids is 1. The summed E-state index contributed by atoms with van der Waals surface area (Å²) in [5, 5.41) is 26.5. The van der Waals surface area contributed by atoms with Crippen LogP contribution in [-0.4, -0.2) is 76.3 Å². The second kappa shape index (κ2) is 16.3. The molecule has 212 valence electrons. The fraction of sp³-hybridized carbons (Fsp3) is 0.542. The van der Waals surface area contributed by atoms with E-state index in [4.69, 9.17) is 17.2 Å². The molecule has 1 aromatic carbocycles. The van der Waals surface area contributed by atoms with Crippen LogP contribution in [0.15, 0.2) is 29.3 Å². The molecule has 0 aliphatic rings. The molecule has 1 rings (SSSR count). The SMILES string of the molecule is CCC(C)C(NC(=O)C(N)Cc1ccc(O)cc1)C(=O)NC(CS)C(=O)NC(CCCN=C(N)N)C(=O)O. The molecule has 1 aromatic rings. The number of nitrogens with two attached hydrogens (primary N) is 3. The number of hydrogen-bond acceptors (Lipinski definition) is 8. The van der Waals surface area contributed by atoms with E-state index < -0.39 is 47.9 Å². The Labute approximate surface area is 227 Å². The molecular formula is C24H39N7O6S. The second-order valence-electron chi connectivity index (χ2n) is 8.94. The summed E-state index contributed by atoms with van der Waals surface area (Å²) in [6.45, 7) is 3.80. The standard InChI is InChI=1S/C24H39N7O6S/c1-3-13(2)19(31-20(33)16(25)11-14-6-8-15(32)9-7-14)22(35)30-18(12-38)21(34)29-17(23(36)37)5-4-10-28-24(26)27/h6-9,13,16-19,32,38H,3-5,10-12,25H2,1-2H3,(H,29,34)(H,30,35)(H,31,33)(H,36,37)(H4,26,27,28). The van der Waals surface area contributed by atoms with Gasteiger partial charge in [-0.2, -0.15) is 12.6 Å². The van der Waals surface area contributed by atoms with Gasteiger partial charge in [-0.1, -0.05) is 32.4 Å². The largest absolute Gasteiger partial charge is 0.508 e. The highest BCUT2D eigenvalue weighted by molar-refractivity contribution is 7.80. The maximum atomic E-state index is 13.1. The molecule has 0 bridgehead atoms. The van der Waals surface area contributed by atoms with E-state index >= 15 is 0 Å². The number of nitrogens with one attached hydrogen (secondary N) is 3. The molecule has 0 radical (unpaired) electrons. The number of nitrogens with zero attached hydrogens (tertiary/aromatic N) is 1. The van der Waals surface area contributed by atoms with Gasteiger partial charge in [0, 0.05) is 12.3 Å². The Bertz CT molecular complexity index is 972. The molecule has 0 spiro atoms. The van der Waals surface area contributed by atoms with Crippen molar-refractivity contribution in [2.75, 3.05) is 12.3 Å². The summed E-state index contributed by atoms with van der Waals surface area (Å²) in [6.07, 6.45) is 1.09. The number of benzene rings is 1. The average molecular weight is 554 g/mol. The molecule has 14 heteroatoms. The zero-order valence-electron chi connectivity index (χ0n) is 21.6. The number of phenols is 1. The van der Waals surface area contributed by atoms with Crippen LogP contribution in [0.25, 0.3) is 0 Å². The van der Waals surface area contributed by atoms with Crippen molar-refractivity contribution in [3.63, 3.8) is 0 Å². The number of hydrogen-bond donors (Lipinski definition) is 9. The predicted octanol–water partition coefficient (Wildman–Crippen LogP) is -1.17. The van der Waals surface area contributed by atoms with Gasteiger partial charge in [-0.25, -0.2) is 4.79 Å². The van der Waals surface area contributed by atoms with E-state index in [0.717, 1.165) is 5.56 Å². The molecule has 0 heterocycles. The van der Waals surface area contributed by atoms with Crippen LogP contribution < -0.4 is 33.2 Å². The molecular weight excluding hydrogens is 514 g/mol. The zero-order chi connectivity index (χ0) is 28.8. The Morgan fingerprint density at radius 1 is 1.00 bits per heavy atom. The zero-order valence-corrected chi connectivity index (χ0v) is 22.5. The minimum atomic E-state index is -1.25. The van der Waals surface area contributed by atoms with Gasteiger partial charge in [-0.05, 0) is 42.9 Å². The van der Waals surface area contributed by atoms with Gasteiger partial charge < -0.3 is 43.4 Å². The van der Waals surface area contributed by atoms with Gasteiger partial charge in [0.25, 0.3) is 0 Å². The third kappa shape index (κ3) is 11.3. The number of aromatic hydroxyl groups is 1. The van der Waals surface area contributed by atoms with Crippen molar-refractivity contribution in [3.8, 4) is 5.75 Å². The fourth-order valence-corrected chi connectivity index (χ4v) is 3.69. The van der Waals surface area contributed by atoms with Crippen molar-refractivity contribution < 1.29 is 29.4 Å². The molecule has 11 N–H and O–H groups in total. The third-order valence-electron chi connectivity index (χ3n) is 5.90. The van der Waals surface area contributed by atoms with Crippen molar-refractivity contribution >= 4 is 42.3 Å². The number of rotatable bonds is 16. The lowest BCUT2D eigenvalue weighted by Crippen LogP contribution is -2.59. The maximum absolute atomic E-state index is 13.1. The van der Waals surface area contributed by atoms with E-state index in [1.807, 2.05) is 6.92 Å². The van der Waals surface area contributed by atoms with Crippen LogP contribution in [-0.2, 0) is 25.6 Å². The summed E-state index contributed by atoms with van der Waals surface area (Å²) in [7, 11) is 0. The van der Waals surface area contributed by atoms with Crippen LogP contribution in [0.2, 0.25) is 0 Å². The molecule has 0 saturated carbocycles. The number of amides is 3. The van der Waals surface area contributed by atoms with Gasteiger partial charge >= 0.3 is 5.97 Å². The van der Waals surface area contributed by atoms with E-state index in [-0.39, 0.29) is 42.8 Å². The minimum absolute atomic E-state index is 0.0650. The molecule has 0 saturated heterocycles. The number of carboxylic acids is 1. The van der Waals surface area contributed by atoms with Gasteiger partial charge in [-0.3, -0.25) is 19.4 Å². The topological polar surface area (TPSA) is 235 Å². The number of guanidine groups is 1. The third-order valence-corrected chi connectivity index (χ3v) is 6.26. The number of carbonyl (C=O) groups is 4. The van der Waals surface area contributed by atoms with Crippen molar-refractivity contribution in [2.45, 2.75) is 63.7 Å². The highest BCUT2D eigenvalue weighted by Crippen LogP contribution is 2.12. The molecule has 13 nitrogen and oxygen atoms in total. The lowest BCUT2D eigenvalue weighted by atomic mass is 9.97. The Morgan fingerprint density at radius 2 is 1.61 bits per heavy atom. The van der Waals surface area contributed by atoms with Gasteiger partial charge in [-0.15, -0.1) is 0 Å². The number of carbonyl (C=O) groups excluding carboxylic acids is 3. The van der Waals surface area contributed by atoms with Crippen LogP contribution in [0.4, 0.5) is 0 Å². The normalized spacial score (nSPS) is 14.7. The van der Waals surface area contributed by atoms with Crippen molar-refractivity contribution in [2.24, 2.45) is 28.1 Å². The van der Waals surface area contributed by atoms with Crippen LogP contribution in [0.5, 0.6) is 5.75 Å². The van der Waals surface area contributed by atoms with E-state index in [1.54, 1.807) is 19.1 Å². The summed E-state index contributed by atoms with van der Waals surface area (Å²) in [5.41, 5.74) is 17.3. The molecule has 0 fully saturated rings. The van der Waals surface area contributed by atoms with Crippen LogP contribution >= 0.6 is 12.6 Å². The van der Waals surface area contributed by atoms with Crippen LogP contribution in [0.1, 0.15) is 38.7 Å². The number of thiol groups is 1. The van der Waals surface area contributed by atoms with Crippen molar-refractivity contribution in [1.29, 1.82) is 0 Å². The van der Waals surface area contributed by atoms with Crippen LogP contribution in [0, 0.1) is 5.92 Å². The maximum Gasteiger partial charge on any atom is 0.326 e. The summed E-state index contributed by atoms with van der Waals surface area (Å²) < 4.78 is 0. The Hall–Kier alpha value is -3.52. The quantitative estimate of drug-likeness (QED) is 0.0518. The van der Waals surface area contributed by atoms with E-state index in [1.165, 1.54) is 12.1 Å². The average Bonchev–Trinajstić information content (AvgIpc) is 2.87. The van der Waals surface area contributed by atoms with Crippen molar-refractivity contribution in [1.82, 2.24) is 16.0 Å². The molecule has 5 unspecified atom stereocenters. The monoisotopic (exact) mass is 553 g/mol. The van der Waals surface area contributed by atoms with E-state index in [2.05, 4.69) is 33.6 Å². The first kappa shape index (κ1) is 32.5. The Balaban J connectivity index is 2.83. The highest BCUT2D eigenvalue weighted by atomic mass is 32.1. The van der Waals surface area contributed by atoms with Gasteiger partial charge in [0.1, 0.15) is 23.9 Å². The molecule has 0 aromatic heterocycles. The molecule has 0 aliphatic heterocycles. The van der Waals surface area contributed by atoms with Crippen molar-refractivity contribution in [3.05, 3.63) is 29.8 Å². The van der Waals surface area contributed by atoms with E-state index in [9.17, 15) is 29.4 Å². The first-order chi connectivity index (χ1) is 17.9. The molecule has 0 aliphatic carbocycles. The van der Waals surface area contributed by atoms with Gasteiger partial charge in [0.2, 0.25) is 17.7 Å². The number of phenolic OH excluding ortho intramolecular Hbond substituents is 1. The number of carboxylic acid groups (broad SMARTS) is 1. The lowest BCUT2D eigenvalue weighted by molar-refractivity contribution is -0.142. The van der Waals surface area contributed by atoms with Gasteiger partial charge in [0.05, 0.1) is 6.04 Å². The summed E-state index contributed by atoms with van der Waals surface area (Å²) in [5.74, 6) is -3.62. The smallest absolute Gasteiger partial charge is 0.326 e. The second-order valence-corrected chi connectivity index (χ2v) is 9.31.